The maximum atomic E-state index is 4.96. The van der Waals surface area contributed by atoms with Crippen LogP contribution >= 0.6 is 0 Å². The van der Waals surface area contributed by atoms with Crippen molar-refractivity contribution in [3.63, 3.8) is 0 Å². The number of imidazole rings is 1. The molecule has 0 fully saturated rings. The number of hydrogen-bond acceptors (Lipinski definition) is 1. The monoisotopic (exact) mass is 656 g/mol. The van der Waals surface area contributed by atoms with E-state index in [0.29, 0.717) is 11.8 Å². The van der Waals surface area contributed by atoms with Crippen molar-refractivity contribution in [1.82, 2.24) is 9.55 Å². The second kappa shape index (κ2) is 13.2. The summed E-state index contributed by atoms with van der Waals surface area (Å²) in [5, 5.41) is 0. The van der Waals surface area contributed by atoms with E-state index in [4.69, 9.17) is 4.98 Å². The van der Waals surface area contributed by atoms with E-state index in [9.17, 15) is 0 Å². The Balaban J connectivity index is 0.00000361. The van der Waals surface area contributed by atoms with Gasteiger partial charge >= 0.3 is 0 Å². The summed E-state index contributed by atoms with van der Waals surface area (Å²) in [6, 6.07) is 27.4. The topological polar surface area (TPSA) is 17.8 Å². The first-order valence-electron chi connectivity index (χ1n) is 13.3. The number of aromatic nitrogens is 2. The number of nitrogens with zero attached hydrogens (tertiary/aromatic N) is 2. The van der Waals surface area contributed by atoms with Crippen molar-refractivity contribution < 1.29 is 20.1 Å². The molecule has 0 N–H and O–H groups in total. The normalized spacial score (nSPS) is 11.2. The number of aryl methyl sites for hydroxylation is 1. The van der Waals surface area contributed by atoms with Crippen molar-refractivity contribution >= 4 is 0 Å². The molecule has 0 saturated heterocycles. The van der Waals surface area contributed by atoms with Crippen LogP contribution in [0, 0.1) is 6.07 Å². The van der Waals surface area contributed by atoms with E-state index in [1.165, 1.54) is 59.3 Å². The van der Waals surface area contributed by atoms with Gasteiger partial charge < -0.3 is 4.57 Å². The minimum absolute atomic E-state index is 0. The van der Waals surface area contributed by atoms with Gasteiger partial charge in [0.1, 0.15) is 0 Å². The van der Waals surface area contributed by atoms with Crippen LogP contribution in [0.25, 0.3) is 28.2 Å². The minimum Gasteiger partial charge on any atom is -0.336 e. The second-order valence-electron chi connectivity index (χ2n) is 10.2. The zero-order chi connectivity index (χ0) is 24.8. The van der Waals surface area contributed by atoms with Gasteiger partial charge in [-0.1, -0.05) is 90.3 Å². The summed E-state index contributed by atoms with van der Waals surface area (Å²) in [6.45, 7) is 11.4. The van der Waals surface area contributed by atoms with Crippen molar-refractivity contribution in [3.8, 4) is 28.2 Å². The third-order valence-electron chi connectivity index (χ3n) is 6.82. The van der Waals surface area contributed by atoms with Crippen LogP contribution in [0.4, 0.5) is 0 Å². The Hall–Kier alpha value is -2.48. The standard InChI is InChI=1S/C33H39N2.Ir/c1-6-7-8-11-20-28-21-29(24(2)3)22-30(26-16-12-9-13-17-26)32(28)35-31(25(4)5)23-34-33(35)27-18-14-10-15-19-27;/h9-10,12-18,21-25H,6-8,11,20H2,1-5H3;/q-1;. The Labute approximate surface area is 231 Å². The number of hydrogen-bond donors (Lipinski definition) is 0. The van der Waals surface area contributed by atoms with Crippen molar-refractivity contribution in [2.45, 2.75) is 78.6 Å². The Morgan fingerprint density at radius 1 is 0.861 bits per heavy atom. The number of rotatable bonds is 10. The van der Waals surface area contributed by atoms with Crippen LogP contribution in [0.15, 0.2) is 72.9 Å². The summed E-state index contributed by atoms with van der Waals surface area (Å²) in [5.41, 5.74) is 8.92. The Morgan fingerprint density at radius 3 is 2.25 bits per heavy atom. The molecule has 4 rings (SSSR count). The first kappa shape index (κ1) is 28.1. The van der Waals surface area contributed by atoms with E-state index in [1.54, 1.807) is 0 Å². The van der Waals surface area contributed by atoms with Gasteiger partial charge in [0.2, 0.25) is 0 Å². The van der Waals surface area contributed by atoms with Gasteiger partial charge in [-0.05, 0) is 47.4 Å². The van der Waals surface area contributed by atoms with Crippen molar-refractivity contribution in [2.75, 3.05) is 0 Å². The average molecular weight is 656 g/mol. The molecule has 2 nitrogen and oxygen atoms in total. The first-order valence-corrected chi connectivity index (χ1v) is 13.3. The molecular formula is C33H39IrN2-. The van der Waals surface area contributed by atoms with Crippen molar-refractivity contribution in [1.29, 1.82) is 0 Å². The molecule has 0 atom stereocenters. The summed E-state index contributed by atoms with van der Waals surface area (Å²) in [5.74, 6) is 1.79. The van der Waals surface area contributed by atoms with Gasteiger partial charge in [-0.3, -0.25) is 4.98 Å². The third-order valence-corrected chi connectivity index (χ3v) is 6.82. The molecule has 0 saturated carbocycles. The molecule has 3 aromatic carbocycles. The van der Waals surface area contributed by atoms with Crippen LogP contribution in [-0.4, -0.2) is 9.55 Å². The summed E-state index contributed by atoms with van der Waals surface area (Å²) < 4.78 is 2.43. The molecule has 1 aromatic heterocycles. The van der Waals surface area contributed by atoms with Gasteiger partial charge in [0.15, 0.2) is 0 Å². The minimum atomic E-state index is 0. The maximum Gasteiger partial charge on any atom is 0.0605 e. The Bertz CT molecular complexity index is 1220. The van der Waals surface area contributed by atoms with Gasteiger partial charge in [0, 0.05) is 43.2 Å². The maximum absolute atomic E-state index is 4.96. The average Bonchev–Trinajstić information content (AvgIpc) is 3.32. The fourth-order valence-electron chi connectivity index (χ4n) is 4.82. The first-order chi connectivity index (χ1) is 17.0. The zero-order valence-electron chi connectivity index (χ0n) is 22.3. The predicted octanol–water partition coefficient (Wildman–Crippen LogP) is 9.37. The number of unbranched alkanes of at least 4 members (excludes halogenated alkanes) is 3. The van der Waals surface area contributed by atoms with E-state index in [-0.39, 0.29) is 20.1 Å². The Morgan fingerprint density at radius 2 is 1.61 bits per heavy atom. The molecule has 3 heteroatoms. The molecule has 191 valence electrons. The zero-order valence-corrected chi connectivity index (χ0v) is 24.7. The van der Waals surface area contributed by atoms with Crippen molar-refractivity contribution in [2.24, 2.45) is 0 Å². The van der Waals surface area contributed by atoms with Crippen LogP contribution in [0.3, 0.4) is 0 Å². The molecule has 4 aromatic rings. The van der Waals surface area contributed by atoms with E-state index in [0.717, 1.165) is 17.8 Å². The molecule has 36 heavy (non-hydrogen) atoms. The number of benzene rings is 3. The van der Waals surface area contributed by atoms with E-state index >= 15 is 0 Å². The van der Waals surface area contributed by atoms with E-state index in [2.05, 4.69) is 106 Å². The quantitative estimate of drug-likeness (QED) is 0.123. The van der Waals surface area contributed by atoms with Gasteiger partial charge in [-0.25, -0.2) is 0 Å². The largest absolute Gasteiger partial charge is 0.336 e. The van der Waals surface area contributed by atoms with Gasteiger partial charge in [0.25, 0.3) is 0 Å². The second-order valence-corrected chi connectivity index (χ2v) is 10.2. The molecule has 0 spiro atoms. The summed E-state index contributed by atoms with van der Waals surface area (Å²) in [4.78, 5) is 4.96. The fraction of sp³-hybridized carbons (Fsp3) is 0.364. The molecule has 0 amide bonds. The third kappa shape index (κ3) is 6.25. The molecule has 1 heterocycles. The van der Waals surface area contributed by atoms with Crippen LogP contribution < -0.4 is 0 Å². The van der Waals surface area contributed by atoms with Crippen LogP contribution in [0.5, 0.6) is 0 Å². The van der Waals surface area contributed by atoms with Crippen LogP contribution in [0.1, 0.15) is 89.0 Å². The Kier molecular flexibility index (Phi) is 10.3. The van der Waals surface area contributed by atoms with Crippen molar-refractivity contribution in [3.05, 3.63) is 95.8 Å². The summed E-state index contributed by atoms with van der Waals surface area (Å²) >= 11 is 0. The molecule has 0 aliphatic rings. The van der Waals surface area contributed by atoms with Crippen LogP contribution in [-0.2, 0) is 26.5 Å². The summed E-state index contributed by atoms with van der Waals surface area (Å²) in [6.07, 6.45) is 8.15. The molecule has 0 aliphatic heterocycles. The predicted molar refractivity (Wildman–Crippen MR) is 149 cm³/mol. The van der Waals surface area contributed by atoms with E-state index in [1.807, 2.05) is 12.1 Å². The SMILES string of the molecule is CCCCCCc1cc(C(C)C)cc(-c2ccccc2)c1-n1c(C(C)C)cnc1-c1[c-]cccc1.[Ir]. The fourth-order valence-corrected chi connectivity index (χ4v) is 4.82. The van der Waals surface area contributed by atoms with Gasteiger partial charge in [-0.15, -0.1) is 35.9 Å². The van der Waals surface area contributed by atoms with Gasteiger partial charge in [-0.2, -0.15) is 0 Å². The summed E-state index contributed by atoms with van der Waals surface area (Å²) in [7, 11) is 0. The molecule has 0 aliphatic carbocycles. The smallest absolute Gasteiger partial charge is 0.0605 e. The molecule has 0 unspecified atom stereocenters. The van der Waals surface area contributed by atoms with Gasteiger partial charge in [0.05, 0.1) is 5.82 Å². The molecule has 1 radical (unpaired) electrons. The molecular weight excluding hydrogens is 617 g/mol. The van der Waals surface area contributed by atoms with E-state index < -0.39 is 0 Å². The molecule has 0 bridgehead atoms. The van der Waals surface area contributed by atoms with Crippen LogP contribution in [0.2, 0.25) is 0 Å².